The number of thiazole rings is 1. The summed E-state index contributed by atoms with van der Waals surface area (Å²) in [6.45, 7) is 0.104. The van der Waals surface area contributed by atoms with Crippen molar-refractivity contribution in [1.82, 2.24) is 9.88 Å². The maximum Gasteiger partial charge on any atom is 0.316 e. The molecule has 10 heteroatoms. The number of fused-ring (bicyclic) bond motifs is 1. The highest BCUT2D eigenvalue weighted by molar-refractivity contribution is 8.00. The van der Waals surface area contributed by atoms with Crippen LogP contribution in [0.2, 0.25) is 9.62 Å². The van der Waals surface area contributed by atoms with Gasteiger partial charge in [0.25, 0.3) is 0 Å². The third-order valence-corrected chi connectivity index (χ3v) is 6.81. The number of thioether (sulfide) groups is 1. The summed E-state index contributed by atoms with van der Waals surface area (Å²) in [7, 11) is 0. The van der Waals surface area contributed by atoms with Gasteiger partial charge in [0, 0.05) is 12.3 Å². The molecule has 0 radical (unpaired) electrons. The Labute approximate surface area is 144 Å². The highest BCUT2D eigenvalue weighted by Crippen LogP contribution is 2.43. The van der Waals surface area contributed by atoms with Crippen molar-refractivity contribution in [3.63, 3.8) is 0 Å². The second-order valence-electron chi connectivity index (χ2n) is 5.11. The van der Waals surface area contributed by atoms with E-state index in [1.165, 1.54) is 16.7 Å². The first-order valence-electron chi connectivity index (χ1n) is 6.26. The number of β-lactam (4-membered cyclic amide) rings is 1. The Bertz CT molecular complexity index is 681. The summed E-state index contributed by atoms with van der Waals surface area (Å²) in [5, 5.41) is 9.72. The number of carboxylic acid groups (broad SMARTS) is 1. The number of nitrogens with zero attached hydrogens (tertiary/aromatic N) is 2. The molecule has 3 heterocycles. The van der Waals surface area contributed by atoms with Crippen molar-refractivity contribution >= 4 is 64.3 Å². The zero-order valence-electron chi connectivity index (χ0n) is 11.0. The van der Waals surface area contributed by atoms with Crippen LogP contribution >= 0.6 is 46.3 Å². The number of halogens is 2. The SMILES string of the molecule is NC1C(=O)N2CC(C=Cc3sc(Cl)nc3Cl)(C(=O)O)CS[C@H]12. The molecule has 6 nitrogen and oxygen atoms in total. The van der Waals surface area contributed by atoms with Gasteiger partial charge >= 0.3 is 5.97 Å². The first-order chi connectivity index (χ1) is 10.3. The van der Waals surface area contributed by atoms with Crippen LogP contribution in [-0.2, 0) is 9.59 Å². The Hall–Kier alpha value is -0.800. The summed E-state index contributed by atoms with van der Waals surface area (Å²) < 4.78 is 0.288. The molecule has 3 atom stereocenters. The fourth-order valence-electron chi connectivity index (χ4n) is 2.42. The number of carbonyl (C=O) groups is 2. The maximum absolute atomic E-state index is 11.8. The lowest BCUT2D eigenvalue weighted by Gasteiger charge is -2.52. The molecule has 1 aromatic heterocycles. The molecule has 0 aromatic carbocycles. The van der Waals surface area contributed by atoms with Gasteiger partial charge in [-0.25, -0.2) is 4.98 Å². The molecule has 1 aromatic rings. The normalized spacial score (nSPS) is 31.2. The minimum absolute atomic E-state index is 0.104. The van der Waals surface area contributed by atoms with E-state index < -0.39 is 17.4 Å². The zero-order chi connectivity index (χ0) is 16.1. The molecule has 2 aliphatic rings. The lowest BCUT2D eigenvalue weighted by molar-refractivity contribution is -0.153. The molecule has 118 valence electrons. The second kappa shape index (κ2) is 5.68. The van der Waals surface area contributed by atoms with Crippen LogP contribution in [-0.4, -0.2) is 50.6 Å². The van der Waals surface area contributed by atoms with E-state index in [1.807, 2.05) is 0 Å². The molecule has 0 aliphatic carbocycles. The Morgan fingerprint density at radius 1 is 1.55 bits per heavy atom. The molecular formula is C12H11Cl2N3O3S2. The summed E-state index contributed by atoms with van der Waals surface area (Å²) in [4.78, 5) is 29.5. The van der Waals surface area contributed by atoms with Gasteiger partial charge < -0.3 is 15.7 Å². The monoisotopic (exact) mass is 379 g/mol. The largest absolute Gasteiger partial charge is 0.481 e. The molecule has 3 rings (SSSR count). The van der Waals surface area contributed by atoms with Crippen molar-refractivity contribution in [3.8, 4) is 0 Å². The molecular weight excluding hydrogens is 369 g/mol. The van der Waals surface area contributed by atoms with E-state index in [1.54, 1.807) is 12.2 Å². The predicted octanol–water partition coefficient (Wildman–Crippen LogP) is 1.78. The van der Waals surface area contributed by atoms with Gasteiger partial charge in [0.1, 0.15) is 22.0 Å². The van der Waals surface area contributed by atoms with Gasteiger partial charge in [-0.2, -0.15) is 0 Å². The van der Waals surface area contributed by atoms with Crippen molar-refractivity contribution in [1.29, 1.82) is 0 Å². The van der Waals surface area contributed by atoms with Crippen LogP contribution in [0.5, 0.6) is 0 Å². The average molecular weight is 380 g/mol. The number of carboxylic acids is 1. The molecule has 0 saturated carbocycles. The van der Waals surface area contributed by atoms with Gasteiger partial charge in [-0.15, -0.1) is 23.1 Å². The van der Waals surface area contributed by atoms with Crippen molar-refractivity contribution in [2.24, 2.45) is 11.1 Å². The zero-order valence-corrected chi connectivity index (χ0v) is 14.2. The Morgan fingerprint density at radius 2 is 2.27 bits per heavy atom. The highest BCUT2D eigenvalue weighted by Gasteiger charge is 2.54. The standard InChI is InChI=1S/C12H11Cl2N3O3S2/c13-7-5(22-11(14)16-7)1-2-12(10(19)20)3-17-8(18)6(15)9(17)21-4-12/h1-2,6,9H,3-4,15H2,(H,19,20)/t6?,9-,12?/m1/s1. The molecule has 2 aliphatic heterocycles. The van der Waals surface area contributed by atoms with Gasteiger partial charge in [-0.1, -0.05) is 29.3 Å². The third kappa shape index (κ3) is 2.52. The number of aliphatic carboxylic acids is 1. The lowest BCUT2D eigenvalue weighted by atomic mass is 9.86. The Kier molecular flexibility index (Phi) is 4.15. The number of carbonyl (C=O) groups excluding carboxylic acids is 1. The fourth-order valence-corrected chi connectivity index (χ4v) is 5.16. The second-order valence-corrected chi connectivity index (χ2v) is 8.19. The number of amides is 1. The van der Waals surface area contributed by atoms with E-state index >= 15 is 0 Å². The molecule has 3 N–H and O–H groups in total. The number of nitrogens with two attached hydrogens (primary N) is 1. The number of aromatic nitrogens is 1. The van der Waals surface area contributed by atoms with Crippen LogP contribution in [0.4, 0.5) is 0 Å². The van der Waals surface area contributed by atoms with Gasteiger partial charge in [0.15, 0.2) is 4.47 Å². The third-order valence-electron chi connectivity index (χ3n) is 3.71. The first kappa shape index (κ1) is 16.1. The average Bonchev–Trinajstić information content (AvgIpc) is 2.81. The van der Waals surface area contributed by atoms with E-state index in [-0.39, 0.29) is 27.4 Å². The van der Waals surface area contributed by atoms with Crippen LogP contribution in [0.3, 0.4) is 0 Å². The fraction of sp³-hybridized carbons (Fsp3) is 0.417. The molecule has 2 saturated heterocycles. The highest BCUT2D eigenvalue weighted by atomic mass is 35.5. The van der Waals surface area contributed by atoms with Crippen molar-refractivity contribution in [3.05, 3.63) is 20.6 Å². The molecule has 22 heavy (non-hydrogen) atoms. The lowest BCUT2D eigenvalue weighted by Crippen LogP contribution is -2.71. The van der Waals surface area contributed by atoms with Crippen LogP contribution < -0.4 is 5.73 Å². The van der Waals surface area contributed by atoms with E-state index in [2.05, 4.69) is 4.98 Å². The van der Waals surface area contributed by atoms with Crippen LogP contribution in [0.25, 0.3) is 6.08 Å². The minimum Gasteiger partial charge on any atom is -0.481 e. The van der Waals surface area contributed by atoms with Crippen LogP contribution in [0.15, 0.2) is 6.08 Å². The summed E-state index contributed by atoms with van der Waals surface area (Å²) in [5.41, 5.74) is 4.54. The van der Waals surface area contributed by atoms with Gasteiger partial charge in [-0.05, 0) is 6.08 Å². The van der Waals surface area contributed by atoms with Crippen molar-refractivity contribution < 1.29 is 14.7 Å². The van der Waals surface area contributed by atoms with Gasteiger partial charge in [0.2, 0.25) is 5.91 Å². The molecule has 2 fully saturated rings. The summed E-state index contributed by atoms with van der Waals surface area (Å²) in [6, 6.07) is -0.532. The molecule has 2 unspecified atom stereocenters. The first-order valence-corrected chi connectivity index (χ1v) is 8.88. The molecule has 0 spiro atoms. The molecule has 1 amide bonds. The Balaban J connectivity index is 1.86. The van der Waals surface area contributed by atoms with Crippen molar-refractivity contribution in [2.75, 3.05) is 12.3 Å². The number of rotatable bonds is 3. The van der Waals surface area contributed by atoms with E-state index in [0.29, 0.717) is 10.6 Å². The molecule has 0 bridgehead atoms. The predicted molar refractivity (Wildman–Crippen MR) is 87.2 cm³/mol. The van der Waals surface area contributed by atoms with E-state index in [9.17, 15) is 14.7 Å². The van der Waals surface area contributed by atoms with Crippen molar-refractivity contribution in [2.45, 2.75) is 11.4 Å². The van der Waals surface area contributed by atoms with Gasteiger partial charge in [0.05, 0.1) is 4.88 Å². The summed E-state index contributed by atoms with van der Waals surface area (Å²) in [5.74, 6) is -0.865. The smallest absolute Gasteiger partial charge is 0.316 e. The number of hydrogen-bond acceptors (Lipinski definition) is 6. The van der Waals surface area contributed by atoms with Gasteiger partial charge in [-0.3, -0.25) is 9.59 Å². The van der Waals surface area contributed by atoms with E-state index in [0.717, 1.165) is 11.3 Å². The minimum atomic E-state index is -1.17. The quantitative estimate of drug-likeness (QED) is 0.776. The Morgan fingerprint density at radius 3 is 2.86 bits per heavy atom. The van der Waals surface area contributed by atoms with E-state index in [4.69, 9.17) is 28.9 Å². The number of hydrogen-bond donors (Lipinski definition) is 2. The summed E-state index contributed by atoms with van der Waals surface area (Å²) in [6.07, 6.45) is 3.16. The topological polar surface area (TPSA) is 96.5 Å². The van der Waals surface area contributed by atoms with Crippen LogP contribution in [0.1, 0.15) is 4.88 Å². The summed E-state index contributed by atoms with van der Waals surface area (Å²) >= 11 is 14.2. The maximum atomic E-state index is 11.8. The van der Waals surface area contributed by atoms with Crippen LogP contribution in [0, 0.1) is 5.41 Å².